The third-order valence-corrected chi connectivity index (χ3v) is 11.2. The predicted octanol–water partition coefficient (Wildman–Crippen LogP) is 9.86. The quantitative estimate of drug-likeness (QED) is 0.0310. The van der Waals surface area contributed by atoms with Crippen molar-refractivity contribution in [1.29, 1.82) is 0 Å². The minimum atomic E-state index is -0.829. The number of rotatable bonds is 13. The number of amides is 4. The molecule has 35 heteroatoms. The zero-order valence-electron chi connectivity index (χ0n) is 49.3. The summed E-state index contributed by atoms with van der Waals surface area (Å²) in [6.45, 7) is 21.5. The van der Waals surface area contributed by atoms with Crippen molar-refractivity contribution in [2.24, 2.45) is 15.7 Å². The molecule has 0 aliphatic rings. The van der Waals surface area contributed by atoms with Gasteiger partial charge in [-0.05, 0) is 199 Å². The van der Waals surface area contributed by atoms with Crippen molar-refractivity contribution in [2.45, 2.75) is 146 Å². The molecule has 2 aromatic carbocycles. The average Bonchev–Trinajstić information content (AvgIpc) is 1.79. The van der Waals surface area contributed by atoms with Gasteiger partial charge in [0, 0.05) is 25.5 Å². The molecule has 31 nitrogen and oxygen atoms in total. The van der Waals surface area contributed by atoms with E-state index >= 15 is 0 Å². The van der Waals surface area contributed by atoms with Gasteiger partial charge in [-0.3, -0.25) is 34.6 Å². The largest absolute Gasteiger partial charge is 0.446 e. The van der Waals surface area contributed by atoms with Crippen LogP contribution in [0.5, 0.6) is 0 Å². The number of guanidine groups is 1. The Kier molecular flexibility index (Phi) is 27.4. The molecule has 0 aliphatic heterocycles. The van der Waals surface area contributed by atoms with Crippen LogP contribution < -0.4 is 38.5 Å². The number of nitrogens with zero attached hydrogens (tertiary/aromatic N) is 12. The highest BCUT2D eigenvalue weighted by molar-refractivity contribution is 9.10. The third kappa shape index (κ3) is 24.2. The van der Waals surface area contributed by atoms with Gasteiger partial charge >= 0.3 is 35.9 Å². The van der Waals surface area contributed by atoms with Crippen LogP contribution in [0.3, 0.4) is 0 Å². The number of hydrogen-bond acceptors (Lipinski definition) is 24. The Labute approximate surface area is 526 Å². The number of unbranched alkanes of at least 4 members (excludes halogenated alkanes) is 1. The van der Waals surface area contributed by atoms with E-state index in [4.69, 9.17) is 43.0 Å². The number of aryl methyl sites for hydroxylation is 1. The molecule has 7 aromatic rings. The number of carbonyl (C=O) groups excluding carboxylic acids is 4. The molecule has 89 heavy (non-hydrogen) atoms. The molecule has 7 rings (SSSR count). The van der Waals surface area contributed by atoms with Crippen molar-refractivity contribution in [3.8, 4) is 34.4 Å². The second kappa shape index (κ2) is 32.8. The van der Waals surface area contributed by atoms with Gasteiger partial charge in [-0.25, -0.2) is 60.9 Å². The standard InChI is InChI=1S/C24H30BrFN8O7.C14H13BrFN5O3.C14H22N4O4.2CH4/c1-23(2,3)38-20(35)29-19(30-21(36)39-24(4,5)6)28-11-7-10-27-17-16(31-41-32-17)18-33-40-22(37)34(18)13-8-9-15(26)14(25)12-13;15-9-7-8(4-5-10(9)16)21-13(20-23-14(21)22)12-11(18-24-19-12)3-1-2-6-17;1-13(2,3)21-11(19)16-10(18-8-7-15-9-18)17-12(20)22-14(4,5)6;;/h8-9,12H,7,10-11H2,1-6H3,(H,27,32)(H2,28,29,30,35,36);4-5,7H,1-3,6,17H2;7-9H,1-6H3,(H,16,17,19,20);2*1H4. The number of halogens is 4. The van der Waals surface area contributed by atoms with Crippen molar-refractivity contribution in [3.05, 3.63) is 102 Å². The lowest BCUT2D eigenvalue weighted by Crippen LogP contribution is -2.47. The number of aromatic nitrogens is 10. The molecule has 486 valence electrons. The van der Waals surface area contributed by atoms with E-state index in [0.717, 1.165) is 17.4 Å². The SMILES string of the molecule is C.C.CC(C)(C)OC(=O)N=C(NC(=O)OC(C)(C)C)n1ccnc1.CC(C)(C)OC(=O)NC(=NCCCNc1nonc1-c1noc(=O)n1-c1ccc(F)c(Br)c1)NC(=O)OC(C)(C)C.NCCCCc1nonc1-c1noc(=O)n1-c1ccc(F)c(Br)c1. The summed E-state index contributed by atoms with van der Waals surface area (Å²) in [5, 5.41) is 33.0. The summed E-state index contributed by atoms with van der Waals surface area (Å²) in [5.41, 5.74) is 4.15. The van der Waals surface area contributed by atoms with E-state index < -0.39 is 69.9 Å². The molecule has 0 aliphatic carbocycles. The Balaban J connectivity index is 0.000000370. The molecule has 0 saturated carbocycles. The number of alkyl carbamates (subject to hydrolysis) is 3. The van der Waals surface area contributed by atoms with Gasteiger partial charge in [0.2, 0.25) is 29.4 Å². The van der Waals surface area contributed by atoms with Crippen LogP contribution in [0.25, 0.3) is 34.4 Å². The third-order valence-electron chi connectivity index (χ3n) is 9.96. The number of hydrogen-bond donors (Lipinski definition) is 5. The molecule has 0 atom stereocenters. The summed E-state index contributed by atoms with van der Waals surface area (Å²) >= 11 is 6.17. The number of nitrogens with two attached hydrogens (primary N) is 1. The second-order valence-electron chi connectivity index (χ2n) is 22.0. The van der Waals surface area contributed by atoms with E-state index in [9.17, 15) is 37.5 Å². The second-order valence-corrected chi connectivity index (χ2v) is 23.7. The van der Waals surface area contributed by atoms with Crippen LogP contribution in [0.2, 0.25) is 0 Å². The lowest BCUT2D eigenvalue weighted by molar-refractivity contribution is 0.0530. The zero-order chi connectivity index (χ0) is 64.4. The summed E-state index contributed by atoms with van der Waals surface area (Å²) < 4.78 is 70.9. The molecule has 0 unspecified atom stereocenters. The maximum atomic E-state index is 13.7. The lowest BCUT2D eigenvalue weighted by atomic mass is 10.1. The van der Waals surface area contributed by atoms with Crippen LogP contribution in [-0.4, -0.2) is 128 Å². The molecule has 0 fully saturated rings. The maximum Gasteiger partial charge on any atom is 0.446 e. The topological polar surface area (TPSA) is 396 Å². The summed E-state index contributed by atoms with van der Waals surface area (Å²) in [5.74, 6) is -2.47. The highest BCUT2D eigenvalue weighted by Crippen LogP contribution is 2.28. The van der Waals surface area contributed by atoms with E-state index in [-0.39, 0.29) is 77.7 Å². The molecular formula is C54H73Br2F2N17O14. The van der Waals surface area contributed by atoms with Gasteiger partial charge in [0.05, 0.1) is 20.3 Å². The first-order chi connectivity index (χ1) is 40.7. The highest BCUT2D eigenvalue weighted by Gasteiger charge is 2.27. The fourth-order valence-electron chi connectivity index (χ4n) is 6.62. The Morgan fingerprint density at radius 1 is 0.640 bits per heavy atom. The number of imidazole rings is 1. The van der Waals surface area contributed by atoms with Gasteiger partial charge in [-0.15, -0.1) is 4.99 Å². The summed E-state index contributed by atoms with van der Waals surface area (Å²) in [6.07, 6.45) is 3.80. The first-order valence-corrected chi connectivity index (χ1v) is 27.8. The van der Waals surface area contributed by atoms with Gasteiger partial charge in [0.15, 0.2) is 11.4 Å². The minimum absolute atomic E-state index is 0. The fourth-order valence-corrected chi connectivity index (χ4v) is 7.35. The number of ether oxygens (including phenoxy) is 4. The summed E-state index contributed by atoms with van der Waals surface area (Å²) in [4.78, 5) is 84.2. The number of benzene rings is 2. The minimum Gasteiger partial charge on any atom is -0.444 e. The first kappa shape index (κ1) is 74.3. The molecule has 4 amide bonds. The van der Waals surface area contributed by atoms with Crippen LogP contribution in [0.15, 0.2) is 102 Å². The normalized spacial score (nSPS) is 11.4. The monoisotopic (exact) mass is 1380 g/mol. The molecule has 6 N–H and O–H groups in total. The van der Waals surface area contributed by atoms with Crippen molar-refractivity contribution in [1.82, 2.24) is 65.6 Å². The van der Waals surface area contributed by atoms with Gasteiger partial charge in [-0.1, -0.05) is 30.3 Å². The van der Waals surface area contributed by atoms with Gasteiger partial charge in [-0.2, -0.15) is 0 Å². The maximum absolute atomic E-state index is 13.7. The smallest absolute Gasteiger partial charge is 0.444 e. The number of carbonyl (C=O) groups is 4. The van der Waals surface area contributed by atoms with Crippen LogP contribution >= 0.6 is 31.9 Å². The van der Waals surface area contributed by atoms with Crippen molar-refractivity contribution >= 4 is 74.0 Å². The number of aliphatic imine (C=N–C) groups is 2. The van der Waals surface area contributed by atoms with Crippen LogP contribution in [0.1, 0.15) is 123 Å². The van der Waals surface area contributed by atoms with E-state index in [1.807, 2.05) is 0 Å². The lowest BCUT2D eigenvalue weighted by Gasteiger charge is -2.22. The summed E-state index contributed by atoms with van der Waals surface area (Å²) in [7, 11) is 0. The molecular weight excluding hydrogens is 1310 g/mol. The van der Waals surface area contributed by atoms with Gasteiger partial charge < -0.3 is 30.0 Å². The number of anilines is 1. The Morgan fingerprint density at radius 2 is 1.12 bits per heavy atom. The highest BCUT2D eigenvalue weighted by atomic mass is 79.9. The van der Waals surface area contributed by atoms with Crippen molar-refractivity contribution < 1.29 is 65.2 Å². The predicted molar refractivity (Wildman–Crippen MR) is 326 cm³/mol. The Hall–Kier alpha value is -8.99. The van der Waals surface area contributed by atoms with Gasteiger partial charge in [0.25, 0.3) is 0 Å². The van der Waals surface area contributed by atoms with E-state index in [1.165, 1.54) is 64.3 Å². The molecule has 0 bridgehead atoms. The van der Waals surface area contributed by atoms with Gasteiger partial charge in [0.1, 0.15) is 46.1 Å². The molecule has 5 heterocycles. The summed E-state index contributed by atoms with van der Waals surface area (Å²) in [6, 6.07) is 8.03. The average molecular weight is 1380 g/mol. The van der Waals surface area contributed by atoms with E-state index in [0.29, 0.717) is 36.5 Å². The van der Waals surface area contributed by atoms with Crippen molar-refractivity contribution in [3.63, 3.8) is 0 Å². The van der Waals surface area contributed by atoms with Crippen LogP contribution in [0.4, 0.5) is 33.8 Å². The first-order valence-electron chi connectivity index (χ1n) is 26.2. The molecule has 0 spiro atoms. The van der Waals surface area contributed by atoms with Crippen molar-refractivity contribution in [2.75, 3.05) is 25.0 Å². The molecule has 0 radical (unpaired) electrons. The fraction of sp³-hybridized carbons (Fsp3) is 0.463. The van der Waals surface area contributed by atoms with E-state index in [1.54, 1.807) is 83.1 Å². The molecule has 0 saturated heterocycles. The van der Waals surface area contributed by atoms with Crippen LogP contribution in [0, 0.1) is 11.6 Å². The zero-order valence-corrected chi connectivity index (χ0v) is 52.5. The molecule has 5 aromatic heterocycles. The van der Waals surface area contributed by atoms with Crippen LogP contribution in [-0.2, 0) is 25.4 Å². The van der Waals surface area contributed by atoms with E-state index in [2.05, 4.69) is 99.0 Å². The Morgan fingerprint density at radius 3 is 1.60 bits per heavy atom. The Bertz CT molecular complexity index is 3610. The number of nitrogens with one attached hydrogen (secondary N) is 4.